The van der Waals surface area contributed by atoms with Crippen LogP contribution in [0.15, 0.2) is 59.5 Å². The van der Waals surface area contributed by atoms with Gasteiger partial charge in [0.1, 0.15) is 6.04 Å². The van der Waals surface area contributed by atoms with E-state index in [0.29, 0.717) is 27.9 Å². The minimum atomic E-state index is -2.49. The molecule has 0 aliphatic carbocycles. The van der Waals surface area contributed by atoms with E-state index >= 15 is 0 Å². The van der Waals surface area contributed by atoms with Crippen molar-refractivity contribution in [1.82, 2.24) is 5.32 Å². The van der Waals surface area contributed by atoms with Gasteiger partial charge in [0.25, 0.3) is 11.7 Å². The van der Waals surface area contributed by atoms with Crippen molar-refractivity contribution in [3.8, 4) is 0 Å². The summed E-state index contributed by atoms with van der Waals surface area (Å²) >= 11 is 0.440. The average molecular weight is 378 g/mol. The number of anilines is 1. The molecule has 2 amide bonds. The SMILES string of the molecule is CC(C)C(NC(=O)c1ccccc1)C(=O)Nc1ccc(SC(F)F)cc1. The zero-order valence-corrected chi connectivity index (χ0v) is 15.2. The minimum Gasteiger partial charge on any atom is -0.340 e. The number of carbonyl (C=O) groups excluding carboxylic acids is 2. The molecule has 2 aromatic carbocycles. The zero-order valence-electron chi connectivity index (χ0n) is 14.4. The summed E-state index contributed by atoms with van der Waals surface area (Å²) in [5.74, 6) is -3.31. The number of thioether (sulfide) groups is 1. The normalized spacial score (nSPS) is 12.1. The molecule has 26 heavy (non-hydrogen) atoms. The highest BCUT2D eigenvalue weighted by Gasteiger charge is 2.24. The molecule has 1 atom stereocenters. The molecule has 1 unspecified atom stereocenters. The van der Waals surface area contributed by atoms with Crippen molar-refractivity contribution in [3.05, 3.63) is 60.2 Å². The summed E-state index contributed by atoms with van der Waals surface area (Å²) in [4.78, 5) is 25.2. The number of rotatable bonds is 7. The molecule has 0 saturated carbocycles. The first-order chi connectivity index (χ1) is 12.4. The van der Waals surface area contributed by atoms with Gasteiger partial charge >= 0.3 is 0 Å². The minimum absolute atomic E-state index is 0.128. The Kier molecular flexibility index (Phi) is 7.15. The van der Waals surface area contributed by atoms with Gasteiger partial charge in [0.05, 0.1) is 0 Å². The Bertz CT molecular complexity index is 737. The lowest BCUT2D eigenvalue weighted by Gasteiger charge is -2.22. The van der Waals surface area contributed by atoms with Gasteiger partial charge in [0.15, 0.2) is 0 Å². The first-order valence-corrected chi connectivity index (χ1v) is 8.96. The van der Waals surface area contributed by atoms with Gasteiger partial charge in [-0.1, -0.05) is 43.8 Å². The van der Waals surface area contributed by atoms with E-state index < -0.39 is 11.8 Å². The quantitative estimate of drug-likeness (QED) is 0.703. The molecule has 0 radical (unpaired) electrons. The topological polar surface area (TPSA) is 58.2 Å². The number of benzene rings is 2. The summed E-state index contributed by atoms with van der Waals surface area (Å²) in [6.07, 6.45) is 0. The van der Waals surface area contributed by atoms with Crippen LogP contribution < -0.4 is 10.6 Å². The van der Waals surface area contributed by atoms with Crippen molar-refractivity contribution in [2.45, 2.75) is 30.5 Å². The van der Waals surface area contributed by atoms with Crippen LogP contribution in [0.3, 0.4) is 0 Å². The molecule has 2 N–H and O–H groups in total. The van der Waals surface area contributed by atoms with Crippen LogP contribution in [0.4, 0.5) is 14.5 Å². The van der Waals surface area contributed by atoms with Crippen LogP contribution in [0.5, 0.6) is 0 Å². The summed E-state index contributed by atoms with van der Waals surface area (Å²) in [6, 6.07) is 14.1. The highest BCUT2D eigenvalue weighted by molar-refractivity contribution is 7.99. The zero-order chi connectivity index (χ0) is 19.1. The van der Waals surface area contributed by atoms with Crippen molar-refractivity contribution < 1.29 is 18.4 Å². The molecular weight excluding hydrogens is 358 g/mol. The van der Waals surface area contributed by atoms with Crippen LogP contribution in [-0.4, -0.2) is 23.6 Å². The third kappa shape index (κ3) is 5.84. The van der Waals surface area contributed by atoms with Gasteiger partial charge in [-0.2, -0.15) is 8.78 Å². The van der Waals surface area contributed by atoms with Crippen LogP contribution >= 0.6 is 11.8 Å². The summed E-state index contributed by atoms with van der Waals surface area (Å²) in [5.41, 5.74) is 0.951. The van der Waals surface area contributed by atoms with Gasteiger partial charge in [-0.25, -0.2) is 0 Å². The Hall–Kier alpha value is -2.41. The molecular formula is C19H20F2N2O2S. The molecule has 2 aromatic rings. The van der Waals surface area contributed by atoms with Crippen LogP contribution in [-0.2, 0) is 4.79 Å². The molecule has 0 aliphatic rings. The molecule has 0 bridgehead atoms. The van der Waals surface area contributed by atoms with Gasteiger partial charge in [0.2, 0.25) is 5.91 Å². The summed E-state index contributed by atoms with van der Waals surface area (Å²) in [7, 11) is 0. The van der Waals surface area contributed by atoms with E-state index in [-0.39, 0.29) is 17.7 Å². The number of hydrogen-bond donors (Lipinski definition) is 2. The van der Waals surface area contributed by atoms with E-state index in [0.717, 1.165) is 0 Å². The molecule has 0 heterocycles. The maximum atomic E-state index is 12.5. The fourth-order valence-electron chi connectivity index (χ4n) is 2.29. The summed E-state index contributed by atoms with van der Waals surface area (Å²) in [5, 5.41) is 5.45. The number of hydrogen-bond acceptors (Lipinski definition) is 3. The molecule has 7 heteroatoms. The van der Waals surface area contributed by atoms with Gasteiger partial charge < -0.3 is 10.6 Å². The first kappa shape index (κ1) is 19.9. The third-order valence-electron chi connectivity index (χ3n) is 3.62. The molecule has 2 rings (SSSR count). The lowest BCUT2D eigenvalue weighted by molar-refractivity contribution is -0.118. The van der Waals surface area contributed by atoms with Crippen LogP contribution in [0.25, 0.3) is 0 Å². The molecule has 0 fully saturated rings. The largest absolute Gasteiger partial charge is 0.340 e. The monoisotopic (exact) mass is 378 g/mol. The molecule has 0 saturated heterocycles. The Labute approximate surface area is 155 Å². The van der Waals surface area contributed by atoms with Crippen LogP contribution in [0.1, 0.15) is 24.2 Å². The van der Waals surface area contributed by atoms with E-state index in [1.807, 2.05) is 13.8 Å². The van der Waals surface area contributed by atoms with E-state index in [1.54, 1.807) is 42.5 Å². The number of nitrogens with one attached hydrogen (secondary N) is 2. The third-order valence-corrected chi connectivity index (χ3v) is 4.34. The lowest BCUT2D eigenvalue weighted by Crippen LogP contribution is -2.47. The molecule has 0 aliphatic heterocycles. The Morgan fingerprint density at radius 1 is 0.962 bits per heavy atom. The molecule has 138 valence electrons. The van der Waals surface area contributed by atoms with Crippen molar-refractivity contribution in [1.29, 1.82) is 0 Å². The van der Waals surface area contributed by atoms with Gasteiger partial charge in [-0.3, -0.25) is 9.59 Å². The van der Waals surface area contributed by atoms with E-state index in [4.69, 9.17) is 0 Å². The molecule has 0 spiro atoms. The first-order valence-electron chi connectivity index (χ1n) is 8.08. The smallest absolute Gasteiger partial charge is 0.288 e. The Morgan fingerprint density at radius 3 is 2.12 bits per heavy atom. The van der Waals surface area contributed by atoms with Gasteiger partial charge in [-0.05, 0) is 42.3 Å². The van der Waals surface area contributed by atoms with E-state index in [1.165, 1.54) is 12.1 Å². The van der Waals surface area contributed by atoms with Crippen molar-refractivity contribution in [2.24, 2.45) is 5.92 Å². The van der Waals surface area contributed by atoms with Crippen LogP contribution in [0, 0.1) is 5.92 Å². The predicted octanol–water partition coefficient (Wildman–Crippen LogP) is 4.39. The predicted molar refractivity (Wildman–Crippen MR) is 99.5 cm³/mol. The number of halogens is 2. The maximum Gasteiger partial charge on any atom is 0.288 e. The highest BCUT2D eigenvalue weighted by Crippen LogP contribution is 2.26. The van der Waals surface area contributed by atoms with Crippen molar-refractivity contribution in [3.63, 3.8) is 0 Å². The second kappa shape index (κ2) is 9.33. The highest BCUT2D eigenvalue weighted by atomic mass is 32.2. The fourth-order valence-corrected chi connectivity index (χ4v) is 2.79. The van der Waals surface area contributed by atoms with Gasteiger partial charge in [-0.15, -0.1) is 0 Å². The van der Waals surface area contributed by atoms with E-state index in [9.17, 15) is 18.4 Å². The molecule has 4 nitrogen and oxygen atoms in total. The van der Waals surface area contributed by atoms with Crippen LogP contribution in [0.2, 0.25) is 0 Å². The molecule has 0 aromatic heterocycles. The maximum absolute atomic E-state index is 12.5. The number of amides is 2. The van der Waals surface area contributed by atoms with Crippen molar-refractivity contribution in [2.75, 3.05) is 5.32 Å². The lowest BCUT2D eigenvalue weighted by atomic mass is 10.0. The second-order valence-corrected chi connectivity index (χ2v) is 7.02. The summed E-state index contributed by atoms with van der Waals surface area (Å²) in [6.45, 7) is 3.66. The number of carbonyl (C=O) groups is 2. The number of alkyl halides is 2. The standard InChI is InChI=1S/C19H20F2N2O2S/c1-12(2)16(23-17(24)13-6-4-3-5-7-13)18(25)22-14-8-10-15(11-9-14)26-19(20)21/h3-12,16,19H,1-2H3,(H,22,25)(H,23,24). The Balaban J connectivity index is 2.03. The summed E-state index contributed by atoms with van der Waals surface area (Å²) < 4.78 is 24.7. The fraction of sp³-hybridized carbons (Fsp3) is 0.263. The Morgan fingerprint density at radius 2 is 1.58 bits per heavy atom. The van der Waals surface area contributed by atoms with Gasteiger partial charge in [0, 0.05) is 16.1 Å². The van der Waals surface area contributed by atoms with E-state index in [2.05, 4.69) is 10.6 Å². The average Bonchev–Trinajstić information content (AvgIpc) is 2.61. The van der Waals surface area contributed by atoms with Crippen molar-refractivity contribution >= 4 is 29.3 Å². The second-order valence-electron chi connectivity index (χ2n) is 5.95.